The van der Waals surface area contributed by atoms with Gasteiger partial charge in [-0.1, -0.05) is 12.8 Å². The molecule has 30 heavy (non-hydrogen) atoms. The molecule has 1 aliphatic carbocycles. The van der Waals surface area contributed by atoms with Gasteiger partial charge < -0.3 is 14.5 Å². The third-order valence-electron chi connectivity index (χ3n) is 6.15. The molecule has 1 saturated heterocycles. The zero-order valence-electron chi connectivity index (χ0n) is 17.1. The fraction of sp³-hybridized carbons (Fsp3) is 0.619. The molecular weight excluding hydrogens is 406 g/mol. The predicted octanol–water partition coefficient (Wildman–Crippen LogP) is 1.44. The predicted molar refractivity (Wildman–Crippen MR) is 112 cm³/mol. The Hall–Kier alpha value is -1.97. The van der Waals surface area contributed by atoms with E-state index in [1.807, 2.05) is 0 Å². The van der Waals surface area contributed by atoms with E-state index in [9.17, 15) is 18.0 Å². The Labute approximate surface area is 177 Å². The van der Waals surface area contributed by atoms with E-state index in [1.54, 1.807) is 28.0 Å². The maximum Gasteiger partial charge on any atom is 0.240 e. The first-order valence-corrected chi connectivity index (χ1v) is 12.2. The van der Waals surface area contributed by atoms with Crippen molar-refractivity contribution in [2.45, 2.75) is 55.9 Å². The molecule has 0 unspecified atom stereocenters. The summed E-state index contributed by atoms with van der Waals surface area (Å²) in [5.41, 5.74) is 1.61. The van der Waals surface area contributed by atoms with E-state index in [-0.39, 0.29) is 35.6 Å². The number of amides is 2. The zero-order chi connectivity index (χ0) is 21.1. The molecule has 0 spiro atoms. The van der Waals surface area contributed by atoms with Crippen LogP contribution in [0.2, 0.25) is 0 Å². The second kappa shape index (κ2) is 9.03. The average Bonchev–Trinajstić information content (AvgIpc) is 3.41. The van der Waals surface area contributed by atoms with E-state index >= 15 is 0 Å². The number of nitrogens with zero attached hydrogens (tertiary/aromatic N) is 2. The third-order valence-corrected chi connectivity index (χ3v) is 7.67. The Morgan fingerprint density at radius 3 is 2.47 bits per heavy atom. The number of hydrogen-bond acceptors (Lipinski definition) is 5. The second-order valence-electron chi connectivity index (χ2n) is 8.18. The topological polar surface area (TPSA) is 96.0 Å². The summed E-state index contributed by atoms with van der Waals surface area (Å²) >= 11 is 0. The van der Waals surface area contributed by atoms with Crippen molar-refractivity contribution in [2.24, 2.45) is 0 Å². The van der Waals surface area contributed by atoms with Crippen LogP contribution in [0.25, 0.3) is 0 Å². The van der Waals surface area contributed by atoms with Crippen molar-refractivity contribution in [3.8, 4) is 0 Å². The summed E-state index contributed by atoms with van der Waals surface area (Å²) in [7, 11) is -3.55. The molecule has 1 aromatic rings. The summed E-state index contributed by atoms with van der Waals surface area (Å²) < 4.78 is 33.4. The van der Waals surface area contributed by atoms with Crippen LogP contribution in [0.15, 0.2) is 23.1 Å². The number of rotatable bonds is 6. The largest absolute Gasteiger partial charge is 0.378 e. The van der Waals surface area contributed by atoms with Gasteiger partial charge in [-0.2, -0.15) is 0 Å². The standard InChI is InChI=1S/C21H29N3O5S/c25-20(23-11-13-29-14-12-23)7-8-21(26)24-10-9-16-15-18(5-6-19(16)24)30(27,28)22-17-3-1-2-4-17/h5-6,15,17,22H,1-4,7-14H2. The Morgan fingerprint density at radius 1 is 1.03 bits per heavy atom. The fourth-order valence-corrected chi connectivity index (χ4v) is 5.81. The van der Waals surface area contributed by atoms with Crippen LogP contribution in [-0.2, 0) is 30.8 Å². The van der Waals surface area contributed by atoms with Crippen molar-refractivity contribution in [1.29, 1.82) is 0 Å². The van der Waals surface area contributed by atoms with Gasteiger partial charge >= 0.3 is 0 Å². The molecule has 8 nitrogen and oxygen atoms in total. The normalized spacial score (nSPS) is 19.9. The molecule has 0 atom stereocenters. The van der Waals surface area contributed by atoms with Gasteiger partial charge in [0.1, 0.15) is 0 Å². The zero-order valence-corrected chi connectivity index (χ0v) is 18.0. The highest BCUT2D eigenvalue weighted by Crippen LogP contribution is 2.31. The highest BCUT2D eigenvalue weighted by Gasteiger charge is 2.29. The van der Waals surface area contributed by atoms with Crippen molar-refractivity contribution in [3.63, 3.8) is 0 Å². The van der Waals surface area contributed by atoms with E-state index in [1.165, 1.54) is 0 Å². The highest BCUT2D eigenvalue weighted by atomic mass is 32.2. The minimum absolute atomic E-state index is 0.0188. The molecule has 3 aliphatic rings. The maximum absolute atomic E-state index is 12.7. The first-order chi connectivity index (χ1) is 14.4. The van der Waals surface area contributed by atoms with Crippen LogP contribution in [0.1, 0.15) is 44.1 Å². The molecule has 0 radical (unpaired) electrons. The van der Waals surface area contributed by atoms with E-state index in [4.69, 9.17) is 4.74 Å². The molecule has 0 aromatic heterocycles. The van der Waals surface area contributed by atoms with Gasteiger partial charge in [-0.25, -0.2) is 13.1 Å². The van der Waals surface area contributed by atoms with Crippen LogP contribution < -0.4 is 9.62 Å². The van der Waals surface area contributed by atoms with Gasteiger partial charge in [0, 0.05) is 44.2 Å². The van der Waals surface area contributed by atoms with E-state index in [0.717, 1.165) is 36.9 Å². The number of hydrogen-bond donors (Lipinski definition) is 1. The van der Waals surface area contributed by atoms with Crippen molar-refractivity contribution >= 4 is 27.5 Å². The minimum Gasteiger partial charge on any atom is -0.378 e. The molecule has 2 amide bonds. The summed E-state index contributed by atoms with van der Waals surface area (Å²) in [6.45, 7) is 2.75. The van der Waals surface area contributed by atoms with Gasteiger partial charge in [0.05, 0.1) is 18.1 Å². The molecule has 4 rings (SSSR count). The molecule has 1 saturated carbocycles. The minimum atomic E-state index is -3.55. The quantitative estimate of drug-likeness (QED) is 0.729. The number of benzene rings is 1. The van der Waals surface area contributed by atoms with Crippen LogP contribution in [0.5, 0.6) is 0 Å². The first kappa shape index (κ1) is 21.3. The number of sulfonamides is 1. The van der Waals surface area contributed by atoms with Crippen LogP contribution in [0.3, 0.4) is 0 Å². The van der Waals surface area contributed by atoms with E-state index < -0.39 is 10.0 Å². The average molecular weight is 436 g/mol. The molecule has 2 aliphatic heterocycles. The van der Waals surface area contributed by atoms with Gasteiger partial charge in [-0.3, -0.25) is 9.59 Å². The second-order valence-corrected chi connectivity index (χ2v) is 9.90. The molecule has 2 heterocycles. The monoisotopic (exact) mass is 435 g/mol. The number of anilines is 1. The number of nitrogens with one attached hydrogen (secondary N) is 1. The fourth-order valence-electron chi connectivity index (χ4n) is 4.46. The lowest BCUT2D eigenvalue weighted by molar-refractivity contribution is -0.136. The summed E-state index contributed by atoms with van der Waals surface area (Å²) in [4.78, 5) is 28.7. The number of fused-ring (bicyclic) bond motifs is 1. The smallest absolute Gasteiger partial charge is 0.240 e. The molecule has 2 fully saturated rings. The van der Waals surface area contributed by atoms with Crippen molar-refractivity contribution in [1.82, 2.24) is 9.62 Å². The summed E-state index contributed by atoms with van der Waals surface area (Å²) in [5.74, 6) is -0.124. The van der Waals surface area contributed by atoms with Gasteiger partial charge in [0.25, 0.3) is 0 Å². The number of carbonyl (C=O) groups is 2. The van der Waals surface area contributed by atoms with Crippen LogP contribution in [0.4, 0.5) is 5.69 Å². The van der Waals surface area contributed by atoms with Crippen LogP contribution >= 0.6 is 0 Å². The number of morpholine rings is 1. The Morgan fingerprint density at radius 2 is 1.73 bits per heavy atom. The molecule has 1 N–H and O–H groups in total. The lowest BCUT2D eigenvalue weighted by Crippen LogP contribution is -2.41. The third kappa shape index (κ3) is 4.68. The SMILES string of the molecule is O=C(CCC(=O)N1CCc2cc(S(=O)(=O)NC3CCCC3)ccc21)N1CCOCC1. The summed E-state index contributed by atoms with van der Waals surface area (Å²) in [5, 5.41) is 0. The van der Waals surface area contributed by atoms with Gasteiger partial charge in [0.15, 0.2) is 0 Å². The van der Waals surface area contributed by atoms with Gasteiger partial charge in [0.2, 0.25) is 21.8 Å². The van der Waals surface area contributed by atoms with E-state index in [0.29, 0.717) is 39.3 Å². The Bertz CT molecular complexity index is 905. The molecule has 0 bridgehead atoms. The van der Waals surface area contributed by atoms with Crippen LogP contribution in [-0.4, -0.2) is 64.0 Å². The Balaban J connectivity index is 1.38. The molecular formula is C21H29N3O5S. The highest BCUT2D eigenvalue weighted by molar-refractivity contribution is 7.89. The maximum atomic E-state index is 12.7. The first-order valence-electron chi connectivity index (χ1n) is 10.8. The summed E-state index contributed by atoms with van der Waals surface area (Å²) in [6.07, 6.45) is 4.84. The van der Waals surface area contributed by atoms with Crippen LogP contribution in [0, 0.1) is 0 Å². The van der Waals surface area contributed by atoms with E-state index in [2.05, 4.69) is 4.72 Å². The lowest BCUT2D eigenvalue weighted by atomic mass is 10.2. The summed E-state index contributed by atoms with van der Waals surface area (Å²) in [6, 6.07) is 4.98. The Kier molecular flexibility index (Phi) is 6.40. The molecule has 9 heteroatoms. The van der Waals surface area contributed by atoms with Gasteiger partial charge in [-0.05, 0) is 43.0 Å². The van der Waals surface area contributed by atoms with Crippen molar-refractivity contribution in [3.05, 3.63) is 23.8 Å². The van der Waals surface area contributed by atoms with Gasteiger partial charge in [-0.15, -0.1) is 0 Å². The lowest BCUT2D eigenvalue weighted by Gasteiger charge is -2.27. The van der Waals surface area contributed by atoms with Crippen molar-refractivity contribution < 1.29 is 22.7 Å². The molecule has 1 aromatic carbocycles. The number of ether oxygens (including phenoxy) is 1. The van der Waals surface area contributed by atoms with Crippen molar-refractivity contribution in [2.75, 3.05) is 37.7 Å². The molecule has 164 valence electrons. The number of carbonyl (C=O) groups excluding carboxylic acids is 2.